The van der Waals surface area contributed by atoms with Crippen molar-refractivity contribution >= 4 is 21.6 Å². The van der Waals surface area contributed by atoms with Crippen molar-refractivity contribution in [3.63, 3.8) is 0 Å². The summed E-state index contributed by atoms with van der Waals surface area (Å²) in [5.74, 6) is -2.19. The summed E-state index contributed by atoms with van der Waals surface area (Å²) in [7, 11) is -3.59. The van der Waals surface area contributed by atoms with E-state index in [0.29, 0.717) is 11.1 Å². The molecule has 2 aromatic carbocycles. The predicted octanol–water partition coefficient (Wildman–Crippen LogP) is 2.12. The molecule has 1 unspecified atom stereocenters. The van der Waals surface area contributed by atoms with Gasteiger partial charge in [0, 0.05) is 0 Å². The van der Waals surface area contributed by atoms with E-state index in [1.54, 1.807) is 12.1 Å². The van der Waals surface area contributed by atoms with E-state index in [1.807, 2.05) is 19.1 Å². The van der Waals surface area contributed by atoms with Crippen LogP contribution in [0.25, 0.3) is 0 Å². The number of aryl methyl sites for hydroxylation is 1. The second-order valence-electron chi connectivity index (χ2n) is 5.36. The van der Waals surface area contributed by atoms with Gasteiger partial charge in [0.2, 0.25) is 15.9 Å². The molecular weight excluding hydrogens is 319 g/mol. The molecule has 0 bridgehead atoms. The summed E-state index contributed by atoms with van der Waals surface area (Å²) in [5.41, 5.74) is 7.31. The van der Waals surface area contributed by atoms with Gasteiger partial charge in [-0.05, 0) is 30.2 Å². The van der Waals surface area contributed by atoms with Gasteiger partial charge < -0.3 is 5.73 Å². The van der Waals surface area contributed by atoms with Crippen LogP contribution < -0.4 is 10.5 Å². The fourth-order valence-electron chi connectivity index (χ4n) is 2.27. The Kier molecular flexibility index (Phi) is 4.70. The zero-order valence-electron chi connectivity index (χ0n) is 12.7. The minimum absolute atomic E-state index is 0.177. The average molecular weight is 336 g/mol. The second-order valence-corrected chi connectivity index (χ2v) is 7.11. The molecule has 0 aliphatic carbocycles. The lowest BCUT2D eigenvalue weighted by Gasteiger charge is -2.16. The number of benzene rings is 2. The molecule has 23 heavy (non-hydrogen) atoms. The van der Waals surface area contributed by atoms with Gasteiger partial charge in [-0.2, -0.15) is 0 Å². The molecule has 1 amide bonds. The van der Waals surface area contributed by atoms with Crippen molar-refractivity contribution in [2.45, 2.75) is 12.8 Å². The minimum Gasteiger partial charge on any atom is -0.369 e. The maximum atomic E-state index is 14.1. The summed E-state index contributed by atoms with van der Waals surface area (Å²) >= 11 is 0. The lowest BCUT2D eigenvalue weighted by atomic mass is 9.90. The van der Waals surface area contributed by atoms with Crippen molar-refractivity contribution in [2.24, 2.45) is 5.73 Å². The molecule has 1 atom stereocenters. The first kappa shape index (κ1) is 17.0. The molecule has 2 aromatic rings. The number of anilines is 1. The van der Waals surface area contributed by atoms with Crippen LogP contribution in [0.3, 0.4) is 0 Å². The summed E-state index contributed by atoms with van der Waals surface area (Å²) in [4.78, 5) is 11.8. The monoisotopic (exact) mass is 336 g/mol. The molecule has 0 saturated heterocycles. The van der Waals surface area contributed by atoms with Crippen molar-refractivity contribution in [3.8, 4) is 0 Å². The van der Waals surface area contributed by atoms with Gasteiger partial charge in [-0.25, -0.2) is 12.8 Å². The Labute approximate surface area is 134 Å². The molecule has 0 radical (unpaired) electrons. The van der Waals surface area contributed by atoms with Crippen molar-refractivity contribution in [2.75, 3.05) is 11.0 Å². The molecule has 2 rings (SSSR count). The molecule has 0 saturated carbocycles. The summed E-state index contributed by atoms with van der Waals surface area (Å²) in [5, 5.41) is 0. The molecule has 3 N–H and O–H groups in total. The lowest BCUT2D eigenvalue weighted by molar-refractivity contribution is -0.118. The van der Waals surface area contributed by atoms with Gasteiger partial charge in [0.15, 0.2) is 0 Å². The standard InChI is InChI=1S/C16H17FN2O3S/c1-10-3-5-11(6-4-10)15(16(18)20)12-7-8-14(13(17)9-12)19-23(2,21)22/h3-9,15,19H,1-2H3,(H2,18,20). The van der Waals surface area contributed by atoms with E-state index in [0.717, 1.165) is 17.9 Å². The third-order valence-corrected chi connectivity index (χ3v) is 3.91. The zero-order valence-corrected chi connectivity index (χ0v) is 13.5. The second kappa shape index (κ2) is 6.37. The molecular formula is C16H17FN2O3S. The van der Waals surface area contributed by atoms with Gasteiger partial charge in [-0.1, -0.05) is 35.9 Å². The maximum absolute atomic E-state index is 14.1. The molecule has 0 aliphatic heterocycles. The van der Waals surface area contributed by atoms with E-state index in [9.17, 15) is 17.6 Å². The fourth-order valence-corrected chi connectivity index (χ4v) is 2.84. The number of rotatable bonds is 5. The SMILES string of the molecule is Cc1ccc(C(C(N)=O)c2ccc(NS(C)(=O)=O)c(F)c2)cc1. The molecule has 0 heterocycles. The fraction of sp³-hybridized carbons (Fsp3) is 0.188. The van der Waals surface area contributed by atoms with Crippen LogP contribution in [0.2, 0.25) is 0 Å². The quantitative estimate of drug-likeness (QED) is 0.876. The van der Waals surface area contributed by atoms with Gasteiger partial charge in [0.05, 0.1) is 17.9 Å². The Balaban J connectivity index is 2.43. The Morgan fingerprint density at radius 3 is 2.17 bits per heavy atom. The third-order valence-electron chi connectivity index (χ3n) is 3.32. The van der Waals surface area contributed by atoms with E-state index in [4.69, 9.17) is 5.73 Å². The van der Waals surface area contributed by atoms with E-state index in [1.165, 1.54) is 12.1 Å². The van der Waals surface area contributed by atoms with Crippen LogP contribution in [0, 0.1) is 12.7 Å². The number of hydrogen-bond acceptors (Lipinski definition) is 3. The normalized spacial score (nSPS) is 12.7. The molecule has 0 aromatic heterocycles. The van der Waals surface area contributed by atoms with Crippen molar-refractivity contribution in [1.82, 2.24) is 0 Å². The molecule has 7 heteroatoms. The summed E-state index contributed by atoms with van der Waals surface area (Å²) in [6, 6.07) is 11.0. The molecule has 0 fully saturated rings. The number of halogens is 1. The topological polar surface area (TPSA) is 89.3 Å². The first-order valence-electron chi connectivity index (χ1n) is 6.80. The van der Waals surface area contributed by atoms with E-state index in [-0.39, 0.29) is 5.69 Å². The first-order valence-corrected chi connectivity index (χ1v) is 8.69. The number of hydrogen-bond donors (Lipinski definition) is 2. The van der Waals surface area contributed by atoms with Crippen molar-refractivity contribution in [3.05, 3.63) is 65.0 Å². The highest BCUT2D eigenvalue weighted by atomic mass is 32.2. The van der Waals surface area contributed by atoms with Gasteiger partial charge in [0.25, 0.3) is 0 Å². The highest BCUT2D eigenvalue weighted by Gasteiger charge is 2.21. The van der Waals surface area contributed by atoms with Crippen molar-refractivity contribution < 1.29 is 17.6 Å². The van der Waals surface area contributed by atoms with Crippen LogP contribution in [-0.4, -0.2) is 20.6 Å². The predicted molar refractivity (Wildman–Crippen MR) is 87.1 cm³/mol. The number of sulfonamides is 1. The van der Waals surface area contributed by atoms with Crippen LogP contribution in [0.1, 0.15) is 22.6 Å². The Morgan fingerprint density at radius 2 is 1.70 bits per heavy atom. The summed E-state index contributed by atoms with van der Waals surface area (Å²) < 4.78 is 38.5. The largest absolute Gasteiger partial charge is 0.369 e. The summed E-state index contributed by atoms with van der Waals surface area (Å²) in [6.45, 7) is 1.91. The smallest absolute Gasteiger partial charge is 0.229 e. The Hall–Kier alpha value is -2.41. The zero-order chi connectivity index (χ0) is 17.2. The van der Waals surface area contributed by atoms with Crippen LogP contribution in [0.5, 0.6) is 0 Å². The molecule has 0 aliphatic rings. The Bertz CT molecular complexity index is 833. The average Bonchev–Trinajstić information content (AvgIpc) is 2.42. The molecule has 5 nitrogen and oxygen atoms in total. The van der Waals surface area contributed by atoms with Crippen LogP contribution in [-0.2, 0) is 14.8 Å². The van der Waals surface area contributed by atoms with E-state index < -0.39 is 27.7 Å². The molecule has 122 valence electrons. The number of nitrogens with one attached hydrogen (secondary N) is 1. The van der Waals surface area contributed by atoms with E-state index >= 15 is 0 Å². The number of amides is 1. The van der Waals surface area contributed by atoms with Gasteiger partial charge in [-0.3, -0.25) is 9.52 Å². The van der Waals surface area contributed by atoms with E-state index in [2.05, 4.69) is 4.72 Å². The van der Waals surface area contributed by atoms with Gasteiger partial charge >= 0.3 is 0 Å². The highest BCUT2D eigenvalue weighted by Crippen LogP contribution is 2.28. The number of nitrogens with two attached hydrogens (primary N) is 1. The van der Waals surface area contributed by atoms with Crippen LogP contribution in [0.15, 0.2) is 42.5 Å². The summed E-state index contributed by atoms with van der Waals surface area (Å²) in [6.07, 6.45) is 0.929. The Morgan fingerprint density at radius 1 is 1.13 bits per heavy atom. The first-order chi connectivity index (χ1) is 10.7. The molecule has 0 spiro atoms. The lowest BCUT2D eigenvalue weighted by Crippen LogP contribution is -2.22. The third kappa shape index (κ3) is 4.29. The van der Waals surface area contributed by atoms with Gasteiger partial charge in [0.1, 0.15) is 5.82 Å². The van der Waals surface area contributed by atoms with Crippen LogP contribution in [0.4, 0.5) is 10.1 Å². The number of carbonyl (C=O) groups is 1. The highest BCUT2D eigenvalue weighted by molar-refractivity contribution is 7.92. The van der Waals surface area contributed by atoms with Gasteiger partial charge in [-0.15, -0.1) is 0 Å². The van der Waals surface area contributed by atoms with Crippen LogP contribution >= 0.6 is 0 Å². The number of primary amides is 1. The van der Waals surface area contributed by atoms with Crippen molar-refractivity contribution in [1.29, 1.82) is 0 Å². The minimum atomic E-state index is -3.59. The maximum Gasteiger partial charge on any atom is 0.229 e. The number of carbonyl (C=O) groups excluding carboxylic acids is 1.